The van der Waals surface area contributed by atoms with E-state index in [1.807, 2.05) is 6.07 Å². The van der Waals surface area contributed by atoms with Gasteiger partial charge in [0, 0.05) is 24.6 Å². The van der Waals surface area contributed by atoms with Crippen LogP contribution in [0.4, 0.5) is 0 Å². The molecule has 3 nitrogen and oxygen atoms in total. The number of ether oxygens (including phenoxy) is 1. The molecule has 0 spiro atoms. The van der Waals surface area contributed by atoms with Crippen molar-refractivity contribution in [3.8, 4) is 0 Å². The van der Waals surface area contributed by atoms with Gasteiger partial charge in [-0.05, 0) is 32.3 Å². The second-order valence-electron chi connectivity index (χ2n) is 7.39. The Kier molecular flexibility index (Phi) is 2.51. The van der Waals surface area contributed by atoms with E-state index in [-0.39, 0.29) is 5.78 Å². The molecule has 2 saturated heterocycles. The highest BCUT2D eigenvalue weighted by Gasteiger charge is 2.52. The smallest absolute Gasteiger partial charge is 0.196 e. The zero-order chi connectivity index (χ0) is 16.6. The van der Waals surface area contributed by atoms with Crippen molar-refractivity contribution in [2.75, 3.05) is 13.2 Å². The number of morpholine rings is 1. The Bertz CT molecular complexity index is 1140. The fraction of sp³-hybridized carbons (Fsp3) is 0.227. The highest BCUT2D eigenvalue weighted by Crippen LogP contribution is 2.39. The highest BCUT2D eigenvalue weighted by atomic mass is 16.5. The van der Waals surface area contributed by atoms with Crippen LogP contribution in [0.5, 0.6) is 0 Å². The highest BCUT2D eigenvalue weighted by molar-refractivity contribution is 6.27. The predicted molar refractivity (Wildman–Crippen MR) is 99.6 cm³/mol. The summed E-state index contributed by atoms with van der Waals surface area (Å²) in [6.07, 6.45) is 0.786. The molecule has 3 heteroatoms. The van der Waals surface area contributed by atoms with Crippen molar-refractivity contribution in [1.29, 1.82) is 0 Å². The Morgan fingerprint density at radius 1 is 0.960 bits per heavy atom. The van der Waals surface area contributed by atoms with Crippen LogP contribution in [0.1, 0.15) is 16.8 Å². The van der Waals surface area contributed by atoms with Crippen LogP contribution in [-0.4, -0.2) is 30.6 Å². The van der Waals surface area contributed by atoms with Crippen LogP contribution >= 0.6 is 0 Å². The molecule has 2 aliphatic rings. The third-order valence-corrected chi connectivity index (χ3v) is 6.00. The Balaban J connectivity index is 1.67. The summed E-state index contributed by atoms with van der Waals surface area (Å²) in [7, 11) is 0. The number of carbonyl (C=O) groups excluding carboxylic acids is 1. The second kappa shape index (κ2) is 4.57. The number of nitrogens with one attached hydrogen (secondary N) is 1. The zero-order valence-corrected chi connectivity index (χ0v) is 13.7. The number of rotatable bonds is 2. The van der Waals surface area contributed by atoms with Crippen molar-refractivity contribution in [3.05, 3.63) is 60.2 Å². The first-order chi connectivity index (χ1) is 12.3. The molecule has 4 aromatic carbocycles. The largest absolute Gasteiger partial charge is 0.364 e. The van der Waals surface area contributed by atoms with Gasteiger partial charge < -0.3 is 10.1 Å². The molecule has 122 valence electrons. The predicted octanol–water partition coefficient (Wildman–Crippen LogP) is 3.90. The van der Waals surface area contributed by atoms with Crippen LogP contribution in [0.2, 0.25) is 0 Å². The van der Waals surface area contributed by atoms with Gasteiger partial charge in [-0.25, -0.2) is 0 Å². The third-order valence-electron chi connectivity index (χ3n) is 6.00. The maximum Gasteiger partial charge on any atom is 0.196 e. The average molecular weight is 327 g/mol. The zero-order valence-electron chi connectivity index (χ0n) is 13.7. The molecule has 0 aromatic heterocycles. The molecule has 2 heterocycles. The van der Waals surface area contributed by atoms with Gasteiger partial charge in [-0.2, -0.15) is 0 Å². The maximum atomic E-state index is 13.4. The molecule has 2 fully saturated rings. The number of Topliss-reactive ketones (excluding diaryl/α,β-unsaturated/α-hetero) is 1. The normalized spacial score (nSPS) is 25.5. The first-order valence-corrected chi connectivity index (χ1v) is 8.84. The summed E-state index contributed by atoms with van der Waals surface area (Å²) in [4.78, 5) is 13.4. The van der Waals surface area contributed by atoms with Gasteiger partial charge >= 0.3 is 0 Å². The Labute approximate surface area is 144 Å². The lowest BCUT2D eigenvalue weighted by Gasteiger charge is -2.26. The third kappa shape index (κ3) is 1.69. The number of hydrogen-bond donors (Lipinski definition) is 1. The van der Waals surface area contributed by atoms with Gasteiger partial charge in [0.05, 0.1) is 6.61 Å². The molecule has 2 atom stereocenters. The molecule has 2 unspecified atom stereocenters. The van der Waals surface area contributed by atoms with Crippen LogP contribution < -0.4 is 5.32 Å². The van der Waals surface area contributed by atoms with E-state index in [0.717, 1.165) is 17.4 Å². The van der Waals surface area contributed by atoms with E-state index in [4.69, 9.17) is 4.74 Å². The van der Waals surface area contributed by atoms with Crippen LogP contribution in [0, 0.1) is 0 Å². The number of fused-ring (bicyclic) bond motifs is 2. The van der Waals surface area contributed by atoms with E-state index in [1.54, 1.807) is 0 Å². The number of hydrogen-bond acceptors (Lipinski definition) is 3. The van der Waals surface area contributed by atoms with Crippen molar-refractivity contribution in [2.24, 2.45) is 0 Å². The molecule has 0 radical (unpaired) electrons. The SMILES string of the molecule is O=C(c1ccc2ccc3cccc4ccc1c2c34)C12CNC(CO1)C2. The maximum absolute atomic E-state index is 13.4. The quantitative estimate of drug-likeness (QED) is 0.448. The summed E-state index contributed by atoms with van der Waals surface area (Å²) in [6.45, 7) is 1.26. The van der Waals surface area contributed by atoms with Gasteiger partial charge in [-0.15, -0.1) is 0 Å². The molecule has 1 N–H and O–H groups in total. The van der Waals surface area contributed by atoms with Gasteiger partial charge in [-0.1, -0.05) is 54.6 Å². The van der Waals surface area contributed by atoms with Crippen molar-refractivity contribution in [1.82, 2.24) is 5.32 Å². The molecule has 0 saturated carbocycles. The van der Waals surface area contributed by atoms with Crippen molar-refractivity contribution < 1.29 is 9.53 Å². The Hall–Kier alpha value is -2.49. The van der Waals surface area contributed by atoms with Crippen LogP contribution in [0.25, 0.3) is 32.3 Å². The minimum atomic E-state index is -0.673. The monoisotopic (exact) mass is 327 g/mol. The Morgan fingerprint density at radius 3 is 2.36 bits per heavy atom. The van der Waals surface area contributed by atoms with Crippen LogP contribution in [0.15, 0.2) is 54.6 Å². The number of ketones is 1. The van der Waals surface area contributed by atoms with Crippen molar-refractivity contribution >= 4 is 38.1 Å². The van der Waals surface area contributed by atoms with Gasteiger partial charge in [0.25, 0.3) is 0 Å². The first kappa shape index (κ1) is 13.8. The van der Waals surface area contributed by atoms with Gasteiger partial charge in [-0.3, -0.25) is 4.79 Å². The molecule has 2 aliphatic heterocycles. The topological polar surface area (TPSA) is 38.3 Å². The molecular weight excluding hydrogens is 310 g/mol. The standard InChI is InChI=1S/C22H17NO2/c24-21(22-10-16(11-25-22)23-12-22)18-9-7-15-5-4-13-2-1-3-14-6-8-17(18)20(15)19(13)14/h1-9,16,23H,10-12H2. The molecular formula is C22H17NO2. The molecule has 25 heavy (non-hydrogen) atoms. The average Bonchev–Trinajstić information content (AvgIpc) is 3.28. The van der Waals surface area contributed by atoms with Crippen LogP contribution in [0.3, 0.4) is 0 Å². The van der Waals surface area contributed by atoms with Crippen LogP contribution in [-0.2, 0) is 4.74 Å². The summed E-state index contributed by atoms with van der Waals surface area (Å²) in [5.74, 6) is 0.123. The summed E-state index contributed by atoms with van der Waals surface area (Å²) < 4.78 is 5.93. The lowest BCUT2D eigenvalue weighted by molar-refractivity contribution is 0.00425. The summed E-state index contributed by atoms with van der Waals surface area (Å²) in [6, 6.07) is 19.3. The fourth-order valence-electron chi connectivity index (χ4n) is 4.76. The van der Waals surface area contributed by atoms with E-state index in [1.165, 1.54) is 26.9 Å². The van der Waals surface area contributed by atoms with Gasteiger partial charge in [0.15, 0.2) is 5.78 Å². The van der Waals surface area contributed by atoms with Gasteiger partial charge in [0.1, 0.15) is 5.60 Å². The fourth-order valence-corrected chi connectivity index (χ4v) is 4.76. The van der Waals surface area contributed by atoms with E-state index in [0.29, 0.717) is 19.2 Å². The molecule has 0 aliphatic carbocycles. The minimum absolute atomic E-state index is 0.123. The van der Waals surface area contributed by atoms with Crippen molar-refractivity contribution in [3.63, 3.8) is 0 Å². The summed E-state index contributed by atoms with van der Waals surface area (Å²) >= 11 is 0. The van der Waals surface area contributed by atoms with E-state index in [2.05, 4.69) is 53.8 Å². The summed E-state index contributed by atoms with van der Waals surface area (Å²) in [5.41, 5.74) is 0.114. The van der Waals surface area contributed by atoms with E-state index >= 15 is 0 Å². The molecule has 2 bridgehead atoms. The van der Waals surface area contributed by atoms with Gasteiger partial charge in [0.2, 0.25) is 0 Å². The van der Waals surface area contributed by atoms with E-state index in [9.17, 15) is 4.79 Å². The number of benzene rings is 4. The molecule has 0 amide bonds. The van der Waals surface area contributed by atoms with Crippen molar-refractivity contribution in [2.45, 2.75) is 18.1 Å². The summed E-state index contributed by atoms with van der Waals surface area (Å²) in [5, 5.41) is 10.5. The lowest BCUT2D eigenvalue weighted by atomic mass is 9.86. The van der Waals surface area contributed by atoms with E-state index < -0.39 is 5.60 Å². The minimum Gasteiger partial charge on any atom is -0.364 e. The lowest BCUT2D eigenvalue weighted by Crippen LogP contribution is -2.45. The first-order valence-electron chi connectivity index (χ1n) is 8.84. The molecule has 4 aromatic rings. The Morgan fingerprint density at radius 2 is 1.68 bits per heavy atom. The second-order valence-corrected chi connectivity index (χ2v) is 7.39. The molecule has 6 rings (SSSR count). The number of carbonyl (C=O) groups is 1.